The Morgan fingerprint density at radius 1 is 1.22 bits per heavy atom. The van der Waals surface area contributed by atoms with E-state index in [1.807, 2.05) is 14.0 Å². The molecule has 1 saturated heterocycles. The summed E-state index contributed by atoms with van der Waals surface area (Å²) in [4.78, 5) is 35.3. The summed E-state index contributed by atoms with van der Waals surface area (Å²) in [5.41, 5.74) is 2.39. The molecule has 0 spiro atoms. The Bertz CT molecular complexity index is 1560. The molecule has 1 aliphatic carbocycles. The molecule has 1 saturated carbocycles. The Morgan fingerprint density at radius 2 is 2.03 bits per heavy atom. The van der Waals surface area contributed by atoms with Crippen molar-refractivity contribution in [3.63, 3.8) is 0 Å². The number of carbonyl (C=O) groups excluding carboxylic acids is 1. The predicted molar refractivity (Wildman–Crippen MR) is 135 cm³/mol. The number of hydrogen-bond acceptors (Lipinski definition) is 8. The maximum absolute atomic E-state index is 12.8. The molecule has 1 aliphatic heterocycles. The molecule has 2 N–H and O–H groups in total. The van der Waals surface area contributed by atoms with Crippen molar-refractivity contribution in [1.29, 1.82) is 0 Å². The number of ether oxygens (including phenoxy) is 1. The zero-order valence-corrected chi connectivity index (χ0v) is 20.3. The van der Waals surface area contributed by atoms with Crippen LogP contribution in [0.15, 0.2) is 43.0 Å². The highest BCUT2D eigenvalue weighted by Crippen LogP contribution is 2.44. The molecule has 0 bridgehead atoms. The van der Waals surface area contributed by atoms with Crippen LogP contribution in [0.25, 0.3) is 16.0 Å². The zero-order valence-electron chi connectivity index (χ0n) is 20.3. The van der Waals surface area contributed by atoms with Crippen LogP contribution in [0.3, 0.4) is 0 Å². The van der Waals surface area contributed by atoms with Crippen LogP contribution in [0.4, 0.5) is 17.3 Å². The second-order valence-electron chi connectivity index (χ2n) is 9.65. The first-order valence-electron chi connectivity index (χ1n) is 11.9. The van der Waals surface area contributed by atoms with Gasteiger partial charge in [0.25, 0.3) is 11.7 Å². The predicted octanol–water partition coefficient (Wildman–Crippen LogP) is 3.75. The van der Waals surface area contributed by atoms with Crippen LogP contribution in [-0.2, 0) is 7.05 Å². The number of hydrogen-bond donors (Lipinski definition) is 2. The summed E-state index contributed by atoms with van der Waals surface area (Å²) in [5.74, 6) is 1.84. The van der Waals surface area contributed by atoms with Gasteiger partial charge in [0.1, 0.15) is 16.9 Å². The van der Waals surface area contributed by atoms with Gasteiger partial charge >= 0.3 is 0 Å². The van der Waals surface area contributed by atoms with Crippen molar-refractivity contribution >= 4 is 34.4 Å². The van der Waals surface area contributed by atoms with Gasteiger partial charge < -0.3 is 29.5 Å². The minimum atomic E-state index is -0.715. The number of nitrogens with one attached hydrogen (secondary N) is 1. The van der Waals surface area contributed by atoms with Crippen LogP contribution in [-0.4, -0.2) is 59.1 Å². The van der Waals surface area contributed by atoms with Crippen molar-refractivity contribution in [3.05, 3.63) is 65.5 Å². The van der Waals surface area contributed by atoms with E-state index in [1.54, 1.807) is 40.1 Å². The van der Waals surface area contributed by atoms with E-state index in [9.17, 15) is 9.90 Å². The van der Waals surface area contributed by atoms with E-state index in [4.69, 9.17) is 11.3 Å². The van der Waals surface area contributed by atoms with Gasteiger partial charge in [-0.3, -0.25) is 4.79 Å². The number of carbonyl (C=O) groups is 1. The fraction of sp³-hybridized carbons (Fsp3) is 0.308. The van der Waals surface area contributed by atoms with Gasteiger partial charge in [0.2, 0.25) is 5.88 Å². The lowest BCUT2D eigenvalue weighted by Crippen LogP contribution is -2.64. The number of likely N-dealkylation sites (tertiary alicyclic amines) is 1. The Kier molecular flexibility index (Phi) is 5.27. The van der Waals surface area contributed by atoms with Crippen molar-refractivity contribution in [1.82, 2.24) is 29.4 Å². The summed E-state index contributed by atoms with van der Waals surface area (Å²) in [6.07, 6.45) is 6.77. The monoisotopic (exact) mass is 496 g/mol. The maximum atomic E-state index is 12.8. The minimum Gasteiger partial charge on any atom is -0.435 e. The maximum Gasteiger partial charge on any atom is 0.269 e. The van der Waals surface area contributed by atoms with Gasteiger partial charge in [0, 0.05) is 19.3 Å². The summed E-state index contributed by atoms with van der Waals surface area (Å²) in [6.45, 7) is 9.72. The molecule has 6 rings (SSSR count). The van der Waals surface area contributed by atoms with E-state index in [1.165, 1.54) is 12.4 Å². The number of imidazole rings is 1. The molecule has 11 nitrogen and oxygen atoms in total. The highest BCUT2D eigenvalue weighted by molar-refractivity contribution is 5.95. The smallest absolute Gasteiger partial charge is 0.269 e. The second kappa shape index (κ2) is 8.53. The summed E-state index contributed by atoms with van der Waals surface area (Å²) in [6, 6.07) is 6.82. The summed E-state index contributed by atoms with van der Waals surface area (Å²) >= 11 is 0. The number of pyridine rings is 3. The molecule has 37 heavy (non-hydrogen) atoms. The molecule has 4 aromatic rings. The lowest BCUT2D eigenvalue weighted by molar-refractivity contribution is -0.0958. The summed E-state index contributed by atoms with van der Waals surface area (Å²) in [7, 11) is 1.84. The highest BCUT2D eigenvalue weighted by Gasteiger charge is 2.53. The van der Waals surface area contributed by atoms with E-state index in [2.05, 4.69) is 30.1 Å². The van der Waals surface area contributed by atoms with Gasteiger partial charge in [-0.25, -0.2) is 9.97 Å². The van der Waals surface area contributed by atoms with E-state index in [0.717, 1.165) is 18.4 Å². The summed E-state index contributed by atoms with van der Waals surface area (Å²) < 4.78 is 7.79. The van der Waals surface area contributed by atoms with Gasteiger partial charge in [-0.05, 0) is 49.4 Å². The fourth-order valence-electron chi connectivity index (χ4n) is 4.58. The molecule has 5 heterocycles. The highest BCUT2D eigenvalue weighted by atomic mass is 16.5. The first-order chi connectivity index (χ1) is 17.8. The van der Waals surface area contributed by atoms with Crippen LogP contribution >= 0.6 is 0 Å². The third-order valence-corrected chi connectivity index (χ3v) is 6.85. The number of β-amino-alcohol motifs (C(OH)–C–C–N with tert-alkyl or cyclic N) is 1. The first kappa shape index (κ1) is 22.9. The van der Waals surface area contributed by atoms with Crippen molar-refractivity contribution < 1.29 is 14.6 Å². The molecule has 1 amide bonds. The Hall–Kier alpha value is -4.56. The van der Waals surface area contributed by atoms with Crippen molar-refractivity contribution in [2.75, 3.05) is 18.4 Å². The van der Waals surface area contributed by atoms with Gasteiger partial charge in [-0.2, -0.15) is 4.98 Å². The number of aryl methyl sites for hydroxylation is 2. The van der Waals surface area contributed by atoms with E-state index in [0.29, 0.717) is 64.7 Å². The standard InChI is InChI=1S/C26H24N8O3/c1-15-8-21(27-2)29-11-19(15)37-22-9-18(23-24(32-22)33(3)14-30-23)31-20-7-4-16(10-28-20)25(35)34-12-26(36,13-34)17-5-6-17/h4,7-11,14,17,36H,5-6,12-13H2,1,3H3,(H,28,31,32). The number of aromatic nitrogens is 5. The number of fused-ring (bicyclic) bond motifs is 1. The van der Waals surface area contributed by atoms with Gasteiger partial charge in [-0.1, -0.05) is 6.57 Å². The lowest BCUT2D eigenvalue weighted by atomic mass is 9.88. The molecule has 0 atom stereocenters. The third-order valence-electron chi connectivity index (χ3n) is 6.85. The number of aliphatic hydroxyl groups is 1. The lowest BCUT2D eigenvalue weighted by Gasteiger charge is -2.46. The molecule has 4 aromatic heterocycles. The van der Waals surface area contributed by atoms with E-state index in [-0.39, 0.29) is 5.91 Å². The molecule has 186 valence electrons. The SMILES string of the molecule is [C-]#[N+]c1cc(C)c(Oc2cc(Nc3ccc(C(=O)N4CC(O)(C5CC5)C4)cn3)c3ncn(C)c3n2)cn1. The van der Waals surface area contributed by atoms with Gasteiger partial charge in [0.05, 0.1) is 30.7 Å². The van der Waals surface area contributed by atoms with Crippen LogP contribution in [0, 0.1) is 19.4 Å². The number of anilines is 2. The van der Waals surface area contributed by atoms with E-state index < -0.39 is 5.60 Å². The molecule has 0 aromatic carbocycles. The number of rotatable bonds is 6. The molecule has 2 fully saturated rings. The third kappa shape index (κ3) is 4.21. The molecule has 0 radical (unpaired) electrons. The summed E-state index contributed by atoms with van der Waals surface area (Å²) in [5, 5.41) is 13.8. The fourth-order valence-corrected chi connectivity index (χ4v) is 4.58. The molecule has 2 aliphatic rings. The topological polar surface area (TPSA) is 123 Å². The van der Waals surface area contributed by atoms with Crippen LogP contribution in [0.2, 0.25) is 0 Å². The van der Waals surface area contributed by atoms with Crippen LogP contribution in [0.1, 0.15) is 28.8 Å². The largest absolute Gasteiger partial charge is 0.435 e. The molecular formula is C26H24N8O3. The van der Waals surface area contributed by atoms with Gasteiger partial charge in [0.15, 0.2) is 17.6 Å². The Morgan fingerprint density at radius 3 is 2.70 bits per heavy atom. The van der Waals surface area contributed by atoms with Crippen molar-refractivity contribution in [2.24, 2.45) is 13.0 Å². The number of nitrogens with zero attached hydrogens (tertiary/aromatic N) is 7. The molecule has 11 heteroatoms. The minimum absolute atomic E-state index is 0.135. The second-order valence-corrected chi connectivity index (χ2v) is 9.65. The normalized spacial score (nSPS) is 16.2. The van der Waals surface area contributed by atoms with Gasteiger partial charge in [-0.15, -0.1) is 4.98 Å². The van der Waals surface area contributed by atoms with Crippen LogP contribution in [0.5, 0.6) is 11.6 Å². The average Bonchev–Trinajstić information content (AvgIpc) is 3.67. The average molecular weight is 497 g/mol. The number of amides is 1. The van der Waals surface area contributed by atoms with Crippen molar-refractivity contribution in [3.8, 4) is 11.6 Å². The quantitative estimate of drug-likeness (QED) is 0.387. The zero-order chi connectivity index (χ0) is 25.7. The van der Waals surface area contributed by atoms with Crippen molar-refractivity contribution in [2.45, 2.75) is 25.4 Å². The Balaban J connectivity index is 1.22. The molecule has 0 unspecified atom stereocenters. The Labute approximate surface area is 212 Å². The molecular weight excluding hydrogens is 472 g/mol. The van der Waals surface area contributed by atoms with E-state index >= 15 is 0 Å². The first-order valence-corrected chi connectivity index (χ1v) is 11.9. The van der Waals surface area contributed by atoms with Crippen LogP contribution < -0.4 is 10.1 Å².